The highest BCUT2D eigenvalue weighted by Crippen LogP contribution is 2.18. The highest BCUT2D eigenvalue weighted by molar-refractivity contribution is 5.94. The van der Waals surface area contributed by atoms with Gasteiger partial charge in [-0.05, 0) is 19.1 Å². The summed E-state index contributed by atoms with van der Waals surface area (Å²) in [5.74, 6) is -0.483. The Morgan fingerprint density at radius 2 is 2.39 bits per heavy atom. The monoisotopic (exact) mass is 252 g/mol. The molecule has 1 fully saturated rings. The van der Waals surface area contributed by atoms with Gasteiger partial charge in [-0.1, -0.05) is 0 Å². The van der Waals surface area contributed by atoms with Crippen molar-refractivity contribution in [2.24, 2.45) is 0 Å². The number of aromatic hydroxyl groups is 1. The normalized spacial score (nSPS) is 24.0. The second-order valence-electron chi connectivity index (χ2n) is 4.33. The molecule has 0 aromatic carbocycles. The van der Waals surface area contributed by atoms with Crippen LogP contribution in [0.2, 0.25) is 0 Å². The Kier molecular flexibility index (Phi) is 3.78. The van der Waals surface area contributed by atoms with Gasteiger partial charge in [0.15, 0.2) is 5.69 Å². The lowest BCUT2D eigenvalue weighted by Crippen LogP contribution is -2.50. The summed E-state index contributed by atoms with van der Waals surface area (Å²) in [7, 11) is 0. The molecule has 0 aliphatic carbocycles. The van der Waals surface area contributed by atoms with E-state index in [1.165, 1.54) is 17.2 Å². The maximum Gasteiger partial charge on any atom is 0.276 e. The molecule has 2 atom stereocenters. The molecule has 2 heterocycles. The van der Waals surface area contributed by atoms with Crippen molar-refractivity contribution in [1.29, 1.82) is 0 Å². The lowest BCUT2D eigenvalue weighted by molar-refractivity contribution is -0.0859. The van der Waals surface area contributed by atoms with Crippen molar-refractivity contribution >= 4 is 5.91 Å². The van der Waals surface area contributed by atoms with E-state index in [2.05, 4.69) is 4.98 Å². The van der Waals surface area contributed by atoms with Crippen LogP contribution in [0.25, 0.3) is 0 Å². The molecule has 0 radical (unpaired) electrons. The number of aromatic nitrogens is 1. The summed E-state index contributed by atoms with van der Waals surface area (Å²) < 4.78 is 5.46. The SMILES string of the molecule is CC1CN(C(=O)c2ncccc2O)CC(CO)O1. The van der Waals surface area contributed by atoms with Gasteiger partial charge in [-0.3, -0.25) is 4.79 Å². The number of rotatable bonds is 2. The van der Waals surface area contributed by atoms with E-state index < -0.39 is 0 Å². The molecular weight excluding hydrogens is 236 g/mol. The van der Waals surface area contributed by atoms with E-state index in [0.717, 1.165) is 0 Å². The second kappa shape index (κ2) is 5.32. The van der Waals surface area contributed by atoms with Gasteiger partial charge < -0.3 is 19.8 Å². The number of ether oxygens (including phenoxy) is 1. The summed E-state index contributed by atoms with van der Waals surface area (Å²) in [4.78, 5) is 17.6. The van der Waals surface area contributed by atoms with Gasteiger partial charge in [-0.2, -0.15) is 0 Å². The molecule has 6 heteroatoms. The Morgan fingerprint density at radius 3 is 3.06 bits per heavy atom. The van der Waals surface area contributed by atoms with E-state index in [4.69, 9.17) is 9.84 Å². The molecule has 1 aromatic heterocycles. The van der Waals surface area contributed by atoms with Crippen molar-refractivity contribution in [3.05, 3.63) is 24.0 Å². The lowest BCUT2D eigenvalue weighted by Gasteiger charge is -2.35. The molecule has 98 valence electrons. The molecule has 6 nitrogen and oxygen atoms in total. The van der Waals surface area contributed by atoms with Crippen LogP contribution >= 0.6 is 0 Å². The quantitative estimate of drug-likeness (QED) is 0.774. The molecule has 1 amide bonds. The standard InChI is InChI=1S/C12H16N2O4/c1-8-5-14(6-9(7-15)18-8)12(17)11-10(16)3-2-4-13-11/h2-4,8-9,15-16H,5-7H2,1H3. The third-order valence-electron chi connectivity index (χ3n) is 2.81. The Hall–Kier alpha value is -1.66. The van der Waals surface area contributed by atoms with Gasteiger partial charge in [0.05, 0.1) is 18.8 Å². The van der Waals surface area contributed by atoms with Gasteiger partial charge >= 0.3 is 0 Å². The number of amides is 1. The molecule has 2 unspecified atom stereocenters. The number of morpholine rings is 1. The van der Waals surface area contributed by atoms with Crippen LogP contribution < -0.4 is 0 Å². The summed E-state index contributed by atoms with van der Waals surface area (Å²) in [6.45, 7) is 2.42. The number of hydrogen-bond donors (Lipinski definition) is 2. The van der Waals surface area contributed by atoms with Crippen molar-refractivity contribution in [1.82, 2.24) is 9.88 Å². The lowest BCUT2D eigenvalue weighted by atomic mass is 10.2. The molecule has 1 aromatic rings. The highest BCUT2D eigenvalue weighted by atomic mass is 16.5. The van der Waals surface area contributed by atoms with Crippen LogP contribution in [-0.2, 0) is 4.74 Å². The molecule has 18 heavy (non-hydrogen) atoms. The molecule has 0 saturated carbocycles. The molecule has 1 saturated heterocycles. The van der Waals surface area contributed by atoms with Crippen LogP contribution in [-0.4, -0.2) is 57.9 Å². The molecule has 0 spiro atoms. The van der Waals surface area contributed by atoms with Crippen molar-refractivity contribution in [3.63, 3.8) is 0 Å². The number of carbonyl (C=O) groups excluding carboxylic acids is 1. The zero-order valence-electron chi connectivity index (χ0n) is 10.1. The fourth-order valence-electron chi connectivity index (χ4n) is 2.02. The first-order chi connectivity index (χ1) is 8.61. The molecule has 2 N–H and O–H groups in total. The first-order valence-electron chi connectivity index (χ1n) is 5.81. The van der Waals surface area contributed by atoms with Gasteiger partial charge in [0.2, 0.25) is 0 Å². The van der Waals surface area contributed by atoms with Crippen molar-refractivity contribution in [2.45, 2.75) is 19.1 Å². The average Bonchev–Trinajstić information content (AvgIpc) is 2.37. The van der Waals surface area contributed by atoms with E-state index in [0.29, 0.717) is 13.1 Å². The predicted octanol–water partition coefficient (Wildman–Crippen LogP) is 0.00900. The van der Waals surface area contributed by atoms with Crippen molar-refractivity contribution in [2.75, 3.05) is 19.7 Å². The van der Waals surface area contributed by atoms with E-state index >= 15 is 0 Å². The number of carbonyl (C=O) groups is 1. The first-order valence-corrected chi connectivity index (χ1v) is 5.81. The maximum atomic E-state index is 12.2. The number of nitrogens with zero attached hydrogens (tertiary/aromatic N) is 2. The second-order valence-corrected chi connectivity index (χ2v) is 4.33. The zero-order chi connectivity index (χ0) is 13.1. The summed E-state index contributed by atoms with van der Waals surface area (Å²) in [6.07, 6.45) is 0.926. The van der Waals surface area contributed by atoms with Crippen LogP contribution in [0.3, 0.4) is 0 Å². The Morgan fingerprint density at radius 1 is 1.61 bits per heavy atom. The highest BCUT2D eigenvalue weighted by Gasteiger charge is 2.30. The van der Waals surface area contributed by atoms with Gasteiger partial charge in [-0.25, -0.2) is 4.98 Å². The van der Waals surface area contributed by atoms with Crippen LogP contribution in [0.4, 0.5) is 0 Å². The summed E-state index contributed by atoms with van der Waals surface area (Å²) in [5, 5.41) is 18.7. The number of hydrogen-bond acceptors (Lipinski definition) is 5. The summed E-state index contributed by atoms with van der Waals surface area (Å²) in [6, 6.07) is 2.98. The maximum absolute atomic E-state index is 12.2. The third-order valence-corrected chi connectivity index (χ3v) is 2.81. The minimum Gasteiger partial charge on any atom is -0.505 e. The Balaban J connectivity index is 2.16. The molecule has 2 rings (SSSR count). The Bertz CT molecular complexity index is 438. The fraction of sp³-hybridized carbons (Fsp3) is 0.500. The van der Waals surface area contributed by atoms with Crippen LogP contribution in [0.1, 0.15) is 17.4 Å². The fourth-order valence-corrected chi connectivity index (χ4v) is 2.02. The molecule has 1 aliphatic heterocycles. The third kappa shape index (κ3) is 2.60. The molecule has 0 bridgehead atoms. The van der Waals surface area contributed by atoms with Crippen LogP contribution in [0.5, 0.6) is 5.75 Å². The topological polar surface area (TPSA) is 82.9 Å². The summed E-state index contributed by atoms with van der Waals surface area (Å²) >= 11 is 0. The number of pyridine rings is 1. The number of aliphatic hydroxyl groups excluding tert-OH is 1. The van der Waals surface area contributed by atoms with Gasteiger partial charge in [0.25, 0.3) is 5.91 Å². The van der Waals surface area contributed by atoms with E-state index in [1.807, 2.05) is 6.92 Å². The average molecular weight is 252 g/mol. The van der Waals surface area contributed by atoms with Crippen LogP contribution in [0.15, 0.2) is 18.3 Å². The van der Waals surface area contributed by atoms with E-state index in [-0.39, 0.29) is 36.2 Å². The minimum atomic E-state index is -0.386. The smallest absolute Gasteiger partial charge is 0.276 e. The number of aliphatic hydroxyl groups is 1. The van der Waals surface area contributed by atoms with Gasteiger partial charge in [0.1, 0.15) is 5.75 Å². The van der Waals surface area contributed by atoms with Gasteiger partial charge in [0, 0.05) is 19.3 Å². The summed E-state index contributed by atoms with van der Waals surface area (Å²) in [5.41, 5.74) is 0.0308. The van der Waals surface area contributed by atoms with Gasteiger partial charge in [-0.15, -0.1) is 0 Å². The largest absolute Gasteiger partial charge is 0.505 e. The zero-order valence-corrected chi connectivity index (χ0v) is 10.1. The molecule has 1 aliphatic rings. The molecular formula is C12H16N2O4. The van der Waals surface area contributed by atoms with Crippen molar-refractivity contribution in [3.8, 4) is 5.75 Å². The van der Waals surface area contributed by atoms with E-state index in [1.54, 1.807) is 6.07 Å². The minimum absolute atomic E-state index is 0.0308. The predicted molar refractivity (Wildman–Crippen MR) is 63.2 cm³/mol. The van der Waals surface area contributed by atoms with Crippen LogP contribution in [0, 0.1) is 0 Å². The Labute approximate surface area is 105 Å². The van der Waals surface area contributed by atoms with E-state index in [9.17, 15) is 9.90 Å². The first kappa shape index (κ1) is 12.8. The van der Waals surface area contributed by atoms with Crippen molar-refractivity contribution < 1.29 is 19.7 Å².